The van der Waals surface area contributed by atoms with Crippen LogP contribution in [0.25, 0.3) is 76.1 Å². The molecule has 0 unspecified atom stereocenters. The Morgan fingerprint density at radius 1 is 0.211 bits per heavy atom. The van der Waals surface area contributed by atoms with E-state index in [4.69, 9.17) is 0 Å². The van der Waals surface area contributed by atoms with Crippen molar-refractivity contribution in [3.8, 4) is 22.3 Å². The van der Waals surface area contributed by atoms with Gasteiger partial charge in [-0.15, -0.1) is 0 Å². The lowest BCUT2D eigenvalue weighted by Gasteiger charge is -2.18. The maximum absolute atomic E-state index is 2.39. The van der Waals surface area contributed by atoms with E-state index in [-0.39, 0.29) is 0 Å². The molecule has 0 heterocycles. The lowest BCUT2D eigenvalue weighted by Crippen LogP contribution is -1.91. The molecular weight excluding hydrogens is 456 g/mol. The standard InChI is InChI=1S/C38H24/c1-2-12-26-22-38(36-24-28-14-4-6-16-30(28)32-18-8-10-20-34(32)36)37(21-25(26)11-1)35-23-27-13-3-5-15-29(27)31-17-7-9-19-33(31)35/h1-24H. The summed E-state index contributed by atoms with van der Waals surface area (Å²) in [5, 5.41) is 12.8. The topological polar surface area (TPSA) is 0 Å². The molecule has 8 aromatic carbocycles. The van der Waals surface area contributed by atoms with Gasteiger partial charge in [0.1, 0.15) is 0 Å². The van der Waals surface area contributed by atoms with Crippen molar-refractivity contribution in [3.63, 3.8) is 0 Å². The molecule has 176 valence electrons. The third-order valence-corrected chi connectivity index (χ3v) is 8.00. The van der Waals surface area contributed by atoms with Crippen LogP contribution >= 0.6 is 0 Å². The van der Waals surface area contributed by atoms with Crippen LogP contribution in [0.15, 0.2) is 146 Å². The third kappa shape index (κ3) is 3.17. The first-order valence-corrected chi connectivity index (χ1v) is 13.2. The smallest absolute Gasteiger partial charge is 0.00923 e. The van der Waals surface area contributed by atoms with Gasteiger partial charge in [0.05, 0.1) is 0 Å². The lowest BCUT2D eigenvalue weighted by molar-refractivity contribution is 1.66. The van der Waals surface area contributed by atoms with Crippen molar-refractivity contribution in [3.05, 3.63) is 146 Å². The van der Waals surface area contributed by atoms with Crippen LogP contribution in [0.2, 0.25) is 0 Å². The molecule has 38 heavy (non-hydrogen) atoms. The zero-order valence-corrected chi connectivity index (χ0v) is 20.9. The Morgan fingerprint density at radius 2 is 0.500 bits per heavy atom. The molecule has 0 atom stereocenters. The quantitative estimate of drug-likeness (QED) is 0.216. The summed E-state index contributed by atoms with van der Waals surface area (Å²) in [6.07, 6.45) is 0. The molecule has 0 aromatic heterocycles. The van der Waals surface area contributed by atoms with Crippen molar-refractivity contribution < 1.29 is 0 Å². The molecule has 0 amide bonds. The predicted octanol–water partition coefficient (Wildman–Crippen LogP) is 10.8. The highest BCUT2D eigenvalue weighted by molar-refractivity contribution is 6.19. The van der Waals surface area contributed by atoms with E-state index in [1.54, 1.807) is 0 Å². The van der Waals surface area contributed by atoms with E-state index in [1.165, 1.54) is 76.1 Å². The molecule has 0 saturated heterocycles. The van der Waals surface area contributed by atoms with Gasteiger partial charge in [0.25, 0.3) is 0 Å². The normalized spacial score (nSPS) is 11.7. The molecule has 0 bridgehead atoms. The van der Waals surface area contributed by atoms with E-state index in [9.17, 15) is 0 Å². The Labute approximate surface area is 221 Å². The maximum Gasteiger partial charge on any atom is -0.00923 e. The summed E-state index contributed by atoms with van der Waals surface area (Å²) in [5.41, 5.74) is 5.09. The second-order valence-corrected chi connectivity index (χ2v) is 10.1. The van der Waals surface area contributed by atoms with Crippen molar-refractivity contribution >= 4 is 53.9 Å². The van der Waals surface area contributed by atoms with E-state index in [2.05, 4.69) is 146 Å². The fourth-order valence-electron chi connectivity index (χ4n) is 6.24. The van der Waals surface area contributed by atoms with Crippen LogP contribution in [0.3, 0.4) is 0 Å². The van der Waals surface area contributed by atoms with Crippen molar-refractivity contribution in [2.24, 2.45) is 0 Å². The maximum atomic E-state index is 2.39. The number of benzene rings is 8. The third-order valence-electron chi connectivity index (χ3n) is 8.00. The molecule has 0 heteroatoms. The molecule has 8 rings (SSSR count). The molecule has 0 aliphatic carbocycles. The zero-order valence-electron chi connectivity index (χ0n) is 20.9. The monoisotopic (exact) mass is 480 g/mol. The molecule has 8 aromatic rings. The van der Waals surface area contributed by atoms with Crippen LogP contribution in [-0.4, -0.2) is 0 Å². The Balaban J connectivity index is 1.56. The van der Waals surface area contributed by atoms with Gasteiger partial charge in [-0.3, -0.25) is 0 Å². The van der Waals surface area contributed by atoms with Crippen molar-refractivity contribution in [2.45, 2.75) is 0 Å². The van der Waals surface area contributed by atoms with Gasteiger partial charge in [0.15, 0.2) is 0 Å². The van der Waals surface area contributed by atoms with Gasteiger partial charge in [-0.2, -0.15) is 0 Å². The number of fused-ring (bicyclic) bond motifs is 7. The first-order valence-electron chi connectivity index (χ1n) is 13.2. The molecule has 0 aliphatic heterocycles. The molecule has 0 aliphatic rings. The molecule has 0 saturated carbocycles. The second kappa shape index (κ2) is 8.30. The van der Waals surface area contributed by atoms with Gasteiger partial charge in [0.2, 0.25) is 0 Å². The first kappa shape index (κ1) is 21.2. The van der Waals surface area contributed by atoms with Crippen molar-refractivity contribution in [1.82, 2.24) is 0 Å². The van der Waals surface area contributed by atoms with Crippen LogP contribution < -0.4 is 0 Å². The molecule has 0 radical (unpaired) electrons. The highest BCUT2D eigenvalue weighted by Crippen LogP contribution is 2.44. The highest BCUT2D eigenvalue weighted by Gasteiger charge is 2.17. The Hall–Kier alpha value is -4.94. The Morgan fingerprint density at radius 3 is 0.921 bits per heavy atom. The van der Waals surface area contributed by atoms with Gasteiger partial charge in [0, 0.05) is 0 Å². The molecule has 0 nitrogen and oxygen atoms in total. The van der Waals surface area contributed by atoms with E-state index in [0.717, 1.165) is 0 Å². The van der Waals surface area contributed by atoms with Crippen LogP contribution in [0, 0.1) is 0 Å². The van der Waals surface area contributed by atoms with Crippen LogP contribution in [0.4, 0.5) is 0 Å². The molecule has 0 fully saturated rings. The minimum atomic E-state index is 1.26. The van der Waals surface area contributed by atoms with E-state index >= 15 is 0 Å². The van der Waals surface area contributed by atoms with Gasteiger partial charge in [-0.1, -0.05) is 121 Å². The number of hydrogen-bond acceptors (Lipinski definition) is 0. The minimum Gasteiger partial charge on any atom is -0.0616 e. The summed E-state index contributed by atoms with van der Waals surface area (Å²) in [4.78, 5) is 0. The largest absolute Gasteiger partial charge is 0.0616 e. The summed E-state index contributed by atoms with van der Waals surface area (Å²) >= 11 is 0. The van der Waals surface area contributed by atoms with Gasteiger partial charge >= 0.3 is 0 Å². The van der Waals surface area contributed by atoms with Gasteiger partial charge in [-0.25, -0.2) is 0 Å². The lowest BCUT2D eigenvalue weighted by atomic mass is 9.85. The minimum absolute atomic E-state index is 1.26. The van der Waals surface area contributed by atoms with Crippen molar-refractivity contribution in [1.29, 1.82) is 0 Å². The first-order chi connectivity index (χ1) is 18.8. The molecule has 0 N–H and O–H groups in total. The number of hydrogen-bond donors (Lipinski definition) is 0. The molecular formula is C38H24. The summed E-state index contributed by atoms with van der Waals surface area (Å²) in [6.45, 7) is 0. The predicted molar refractivity (Wildman–Crippen MR) is 165 cm³/mol. The second-order valence-electron chi connectivity index (χ2n) is 10.1. The van der Waals surface area contributed by atoms with E-state index in [1.807, 2.05) is 0 Å². The van der Waals surface area contributed by atoms with Crippen LogP contribution in [0.5, 0.6) is 0 Å². The Kier molecular flexibility index (Phi) is 4.62. The summed E-state index contributed by atoms with van der Waals surface area (Å²) < 4.78 is 0. The van der Waals surface area contributed by atoms with Gasteiger partial charge in [-0.05, 0) is 100 Å². The highest BCUT2D eigenvalue weighted by atomic mass is 14.2. The van der Waals surface area contributed by atoms with Crippen molar-refractivity contribution in [2.75, 3.05) is 0 Å². The molecule has 0 spiro atoms. The number of rotatable bonds is 2. The van der Waals surface area contributed by atoms with Crippen LogP contribution in [-0.2, 0) is 0 Å². The Bertz CT molecular complexity index is 2020. The average Bonchev–Trinajstić information content (AvgIpc) is 2.99. The fourth-order valence-corrected chi connectivity index (χ4v) is 6.24. The summed E-state index contributed by atoms with van der Waals surface area (Å²) in [7, 11) is 0. The average molecular weight is 481 g/mol. The zero-order chi connectivity index (χ0) is 25.1. The van der Waals surface area contributed by atoms with Crippen LogP contribution in [0.1, 0.15) is 0 Å². The van der Waals surface area contributed by atoms with E-state index in [0.29, 0.717) is 0 Å². The summed E-state index contributed by atoms with van der Waals surface area (Å²) in [5.74, 6) is 0. The summed E-state index contributed by atoms with van der Waals surface area (Å²) in [6, 6.07) is 53.4. The van der Waals surface area contributed by atoms with E-state index < -0.39 is 0 Å². The SMILES string of the molecule is c1ccc2cc(-c3cc4ccccc4c4ccccc34)c(-c3cc4ccccc4c4ccccc34)cc2c1. The fraction of sp³-hybridized carbons (Fsp3) is 0. The van der Waals surface area contributed by atoms with Gasteiger partial charge < -0.3 is 0 Å².